The second-order valence-corrected chi connectivity index (χ2v) is 8.72. The fraction of sp³-hybridized carbons (Fsp3) is 0.381. The first kappa shape index (κ1) is 22.7. The molecule has 0 fully saturated rings. The van der Waals surface area contributed by atoms with Gasteiger partial charge in [-0.15, -0.1) is 0 Å². The monoisotopic (exact) mass is 421 g/mol. The fourth-order valence-electron chi connectivity index (χ4n) is 2.80. The van der Waals surface area contributed by atoms with Crippen molar-refractivity contribution < 1.29 is 17.5 Å². The third-order valence-electron chi connectivity index (χ3n) is 4.27. The topological polar surface area (TPSA) is 79.8 Å². The SMILES string of the molecule is CN=C(NCCCCOc1ccc(F)cc1)NCc1ccc(S(C)(=O)=O)c(C)c1. The normalized spacial score (nSPS) is 11.9. The number of unbranched alkanes of at least 4 members (excludes halogenated alkanes) is 1. The van der Waals surface area contributed by atoms with E-state index in [9.17, 15) is 12.8 Å². The van der Waals surface area contributed by atoms with Gasteiger partial charge in [-0.3, -0.25) is 4.99 Å². The Kier molecular flexibility index (Phi) is 8.45. The summed E-state index contributed by atoms with van der Waals surface area (Å²) in [5.41, 5.74) is 1.71. The minimum atomic E-state index is -3.21. The largest absolute Gasteiger partial charge is 0.494 e. The smallest absolute Gasteiger partial charge is 0.191 e. The number of hydrogen-bond donors (Lipinski definition) is 2. The van der Waals surface area contributed by atoms with Crippen LogP contribution in [-0.4, -0.2) is 40.8 Å². The Bertz CT molecular complexity index is 929. The van der Waals surface area contributed by atoms with E-state index in [0.29, 0.717) is 29.8 Å². The second kappa shape index (κ2) is 10.8. The number of aryl methyl sites for hydroxylation is 1. The molecule has 6 nitrogen and oxygen atoms in total. The van der Waals surface area contributed by atoms with Crippen LogP contribution in [0.25, 0.3) is 0 Å². The molecule has 0 radical (unpaired) electrons. The number of nitrogens with zero attached hydrogens (tertiary/aromatic N) is 1. The zero-order valence-electron chi connectivity index (χ0n) is 17.0. The molecule has 158 valence electrons. The number of rotatable bonds is 9. The standard InChI is InChI=1S/C21H28FN3O3S/c1-16-14-17(6-11-20(16)29(3,26)27)15-25-21(23-2)24-12-4-5-13-28-19-9-7-18(22)8-10-19/h6-11,14H,4-5,12-13,15H2,1-3H3,(H2,23,24,25). The molecule has 0 unspecified atom stereocenters. The van der Waals surface area contributed by atoms with Gasteiger partial charge in [-0.2, -0.15) is 0 Å². The van der Waals surface area contributed by atoms with Gasteiger partial charge in [-0.25, -0.2) is 12.8 Å². The Hall–Kier alpha value is -2.61. The van der Waals surface area contributed by atoms with Crippen LogP contribution in [0.3, 0.4) is 0 Å². The van der Waals surface area contributed by atoms with Crippen LogP contribution in [0.2, 0.25) is 0 Å². The molecule has 2 rings (SSSR count). The number of nitrogens with one attached hydrogen (secondary N) is 2. The highest BCUT2D eigenvalue weighted by Gasteiger charge is 2.10. The molecule has 0 atom stereocenters. The van der Waals surface area contributed by atoms with E-state index in [1.807, 2.05) is 6.07 Å². The van der Waals surface area contributed by atoms with Gasteiger partial charge in [0, 0.05) is 26.4 Å². The third-order valence-corrected chi connectivity index (χ3v) is 5.53. The highest BCUT2D eigenvalue weighted by molar-refractivity contribution is 7.90. The molecule has 0 saturated heterocycles. The summed E-state index contributed by atoms with van der Waals surface area (Å²) in [6, 6.07) is 11.3. The average molecular weight is 422 g/mol. The Morgan fingerprint density at radius 1 is 1.10 bits per heavy atom. The first-order valence-corrected chi connectivity index (χ1v) is 11.3. The van der Waals surface area contributed by atoms with E-state index in [1.54, 1.807) is 38.2 Å². The Labute approximate surface area is 172 Å². The molecular weight excluding hydrogens is 393 g/mol. The molecule has 2 aromatic rings. The predicted molar refractivity (Wildman–Crippen MR) is 114 cm³/mol. The van der Waals surface area contributed by atoms with Crippen molar-refractivity contribution in [2.24, 2.45) is 4.99 Å². The summed E-state index contributed by atoms with van der Waals surface area (Å²) >= 11 is 0. The van der Waals surface area contributed by atoms with Gasteiger partial charge >= 0.3 is 0 Å². The summed E-state index contributed by atoms with van der Waals surface area (Å²) in [4.78, 5) is 4.54. The minimum Gasteiger partial charge on any atom is -0.494 e. The van der Waals surface area contributed by atoms with Crippen molar-refractivity contribution in [3.05, 3.63) is 59.4 Å². The number of hydrogen-bond acceptors (Lipinski definition) is 4. The van der Waals surface area contributed by atoms with E-state index in [2.05, 4.69) is 15.6 Å². The van der Waals surface area contributed by atoms with Crippen molar-refractivity contribution in [1.29, 1.82) is 0 Å². The van der Waals surface area contributed by atoms with Gasteiger partial charge in [-0.1, -0.05) is 12.1 Å². The van der Waals surface area contributed by atoms with E-state index in [-0.39, 0.29) is 5.82 Å². The van der Waals surface area contributed by atoms with Crippen LogP contribution in [0.15, 0.2) is 52.4 Å². The van der Waals surface area contributed by atoms with Crippen molar-refractivity contribution >= 4 is 15.8 Å². The van der Waals surface area contributed by atoms with E-state index >= 15 is 0 Å². The van der Waals surface area contributed by atoms with Crippen LogP contribution >= 0.6 is 0 Å². The zero-order chi connectivity index (χ0) is 21.3. The van der Waals surface area contributed by atoms with Crippen LogP contribution in [-0.2, 0) is 16.4 Å². The molecule has 0 aromatic heterocycles. The molecule has 0 heterocycles. The van der Waals surface area contributed by atoms with Crippen LogP contribution < -0.4 is 15.4 Å². The van der Waals surface area contributed by atoms with E-state index in [0.717, 1.165) is 30.5 Å². The van der Waals surface area contributed by atoms with Crippen molar-refractivity contribution in [3.63, 3.8) is 0 Å². The molecule has 0 aliphatic rings. The maximum Gasteiger partial charge on any atom is 0.191 e. The van der Waals surface area contributed by atoms with Crippen molar-refractivity contribution in [2.45, 2.75) is 31.2 Å². The molecule has 2 N–H and O–H groups in total. The van der Waals surface area contributed by atoms with E-state index in [1.165, 1.54) is 18.4 Å². The summed E-state index contributed by atoms with van der Waals surface area (Å²) < 4.78 is 41.8. The molecule has 0 spiro atoms. The van der Waals surface area contributed by atoms with Gasteiger partial charge in [0.1, 0.15) is 11.6 Å². The van der Waals surface area contributed by atoms with Crippen LogP contribution in [0, 0.1) is 12.7 Å². The molecule has 8 heteroatoms. The number of aliphatic imine (C=N–C) groups is 1. The molecular formula is C21H28FN3O3S. The molecule has 2 aromatic carbocycles. The first-order valence-electron chi connectivity index (χ1n) is 9.42. The lowest BCUT2D eigenvalue weighted by atomic mass is 10.1. The van der Waals surface area contributed by atoms with Gasteiger partial charge in [0.05, 0.1) is 11.5 Å². The third kappa shape index (κ3) is 7.73. The number of sulfone groups is 1. The van der Waals surface area contributed by atoms with Crippen LogP contribution in [0.5, 0.6) is 5.75 Å². The molecule has 0 aliphatic carbocycles. The molecule has 0 saturated carbocycles. The lowest BCUT2D eigenvalue weighted by Gasteiger charge is -2.13. The molecule has 0 amide bonds. The Morgan fingerprint density at radius 2 is 1.83 bits per heavy atom. The predicted octanol–water partition coefficient (Wildman–Crippen LogP) is 3.06. The van der Waals surface area contributed by atoms with Crippen LogP contribution in [0.1, 0.15) is 24.0 Å². The van der Waals surface area contributed by atoms with Crippen molar-refractivity contribution in [3.8, 4) is 5.75 Å². The van der Waals surface area contributed by atoms with Gasteiger partial charge in [0.15, 0.2) is 15.8 Å². The second-order valence-electron chi connectivity index (χ2n) is 6.73. The summed E-state index contributed by atoms with van der Waals surface area (Å²) in [5, 5.41) is 6.45. The maximum atomic E-state index is 12.8. The number of ether oxygens (including phenoxy) is 1. The number of benzene rings is 2. The van der Waals surface area contributed by atoms with Crippen molar-refractivity contribution in [2.75, 3.05) is 26.5 Å². The number of guanidine groups is 1. The first-order chi connectivity index (χ1) is 13.8. The molecule has 0 aliphatic heterocycles. The highest BCUT2D eigenvalue weighted by Crippen LogP contribution is 2.16. The van der Waals surface area contributed by atoms with Crippen LogP contribution in [0.4, 0.5) is 4.39 Å². The van der Waals surface area contributed by atoms with Gasteiger partial charge in [-0.05, 0) is 61.2 Å². The quantitative estimate of drug-likeness (QED) is 0.370. The van der Waals surface area contributed by atoms with Gasteiger partial charge < -0.3 is 15.4 Å². The zero-order valence-corrected chi connectivity index (χ0v) is 17.9. The van der Waals surface area contributed by atoms with E-state index in [4.69, 9.17) is 4.74 Å². The summed E-state index contributed by atoms with van der Waals surface area (Å²) in [6.45, 7) is 3.63. The Balaban J connectivity index is 1.69. The lowest BCUT2D eigenvalue weighted by Crippen LogP contribution is -2.37. The fourth-order valence-corrected chi connectivity index (χ4v) is 3.76. The van der Waals surface area contributed by atoms with Crippen molar-refractivity contribution in [1.82, 2.24) is 10.6 Å². The Morgan fingerprint density at radius 3 is 2.45 bits per heavy atom. The summed E-state index contributed by atoms with van der Waals surface area (Å²) in [5.74, 6) is 1.06. The highest BCUT2D eigenvalue weighted by atomic mass is 32.2. The molecule has 0 bridgehead atoms. The summed E-state index contributed by atoms with van der Waals surface area (Å²) in [7, 11) is -1.51. The average Bonchev–Trinajstić information content (AvgIpc) is 2.67. The van der Waals surface area contributed by atoms with Gasteiger partial charge in [0.25, 0.3) is 0 Å². The lowest BCUT2D eigenvalue weighted by molar-refractivity contribution is 0.306. The molecule has 29 heavy (non-hydrogen) atoms. The minimum absolute atomic E-state index is 0.276. The number of halogens is 1. The van der Waals surface area contributed by atoms with E-state index < -0.39 is 9.84 Å². The van der Waals surface area contributed by atoms with Gasteiger partial charge in [0.2, 0.25) is 0 Å². The summed E-state index contributed by atoms with van der Waals surface area (Å²) in [6.07, 6.45) is 2.96. The maximum absolute atomic E-state index is 12.8.